The summed E-state index contributed by atoms with van der Waals surface area (Å²) in [6, 6.07) is 7.09. The number of aromatic amines is 1. The number of Topliss-reactive ketones (excluding diaryl/α,β-unsaturated/α-hetero) is 2. The first kappa shape index (κ1) is 29.7. The number of H-pyrrole nitrogens is 1. The molecule has 1 N–H and O–H groups in total. The summed E-state index contributed by atoms with van der Waals surface area (Å²) in [5, 5.41) is 11.5. The van der Waals surface area contributed by atoms with Gasteiger partial charge < -0.3 is 28.7 Å². The molecule has 0 bridgehead atoms. The third kappa shape index (κ3) is 3.88. The lowest BCUT2D eigenvalue weighted by atomic mass is 9.73. The van der Waals surface area contributed by atoms with Crippen LogP contribution in [-0.4, -0.2) is 51.0 Å². The van der Waals surface area contributed by atoms with E-state index in [1.54, 1.807) is 18.2 Å². The topological polar surface area (TPSA) is 154 Å². The van der Waals surface area contributed by atoms with Crippen LogP contribution >= 0.6 is 0 Å². The molecular weight excluding hydrogens is 580 g/mol. The number of carbonyl (C=O) groups excluding carboxylic acids is 3. The molecule has 45 heavy (non-hydrogen) atoms. The first-order chi connectivity index (χ1) is 21.7. The summed E-state index contributed by atoms with van der Waals surface area (Å²) in [7, 11) is 5.44. The highest BCUT2D eigenvalue weighted by atomic mass is 16.6. The van der Waals surface area contributed by atoms with Crippen molar-refractivity contribution >= 4 is 34.4 Å². The van der Waals surface area contributed by atoms with E-state index in [9.17, 15) is 24.4 Å². The zero-order valence-corrected chi connectivity index (χ0v) is 25.4. The summed E-state index contributed by atoms with van der Waals surface area (Å²) in [4.78, 5) is 58.5. The molecule has 1 saturated carbocycles. The Morgan fingerprint density at radius 1 is 0.956 bits per heavy atom. The van der Waals surface area contributed by atoms with E-state index in [0.29, 0.717) is 28.6 Å². The molecular formula is C34H30N2O9. The highest BCUT2D eigenvalue weighted by Crippen LogP contribution is 2.60. The summed E-state index contributed by atoms with van der Waals surface area (Å²) >= 11 is 0. The number of aryl methyl sites for hydroxylation is 1. The van der Waals surface area contributed by atoms with Crippen LogP contribution in [0.4, 0.5) is 0 Å². The molecule has 1 aliphatic heterocycles. The second-order valence-electron chi connectivity index (χ2n) is 11.1. The average Bonchev–Trinajstić information content (AvgIpc) is 3.66. The minimum absolute atomic E-state index is 0.0168. The number of allylic oxidation sites excluding steroid dienone is 3. The maximum Gasteiger partial charge on any atom is 0.344 e. The first-order valence-corrected chi connectivity index (χ1v) is 14.3. The maximum absolute atomic E-state index is 14.7. The van der Waals surface area contributed by atoms with E-state index in [1.165, 1.54) is 34.5 Å². The van der Waals surface area contributed by atoms with Crippen molar-refractivity contribution in [1.29, 1.82) is 5.26 Å². The van der Waals surface area contributed by atoms with Crippen molar-refractivity contribution in [3.8, 4) is 29.1 Å². The molecule has 230 valence electrons. The zero-order valence-electron chi connectivity index (χ0n) is 25.4. The number of aromatic nitrogens is 1. The van der Waals surface area contributed by atoms with Gasteiger partial charge in [0.15, 0.2) is 23.1 Å². The molecule has 6 rings (SSSR count). The number of pyridine rings is 1. The number of hydrogen-bond donors (Lipinski definition) is 1. The smallest absolute Gasteiger partial charge is 0.344 e. The molecule has 3 unspecified atom stereocenters. The molecule has 3 atom stereocenters. The lowest BCUT2D eigenvalue weighted by molar-refractivity contribution is -0.133. The van der Waals surface area contributed by atoms with Gasteiger partial charge in [-0.1, -0.05) is 24.3 Å². The van der Waals surface area contributed by atoms with Crippen molar-refractivity contribution in [3.63, 3.8) is 0 Å². The molecule has 0 amide bonds. The third-order valence-electron chi connectivity index (χ3n) is 9.11. The number of nitriles is 1. The van der Waals surface area contributed by atoms with Crippen LogP contribution in [0.1, 0.15) is 52.5 Å². The van der Waals surface area contributed by atoms with E-state index in [4.69, 9.17) is 23.7 Å². The molecule has 2 heterocycles. The Balaban J connectivity index is 1.56. The molecule has 1 spiro atoms. The maximum atomic E-state index is 14.7. The standard InChI is InChI=1S/C34H30N2O9/c1-6-7-8-9-19-13-18-12-17-10-11-33(26(17)29(44-5)24(18)31(39)36-19)23(37)14-20(30(33)38)34(16-35)27-25(32(40)45-34)21(41-2)15-22(42-3)28(27)43-4/h6-9,12-13,15,20H,10-11,14H2,1-5H3,(H,36,39)/b7-6+,9-8+. The highest BCUT2D eigenvalue weighted by Gasteiger charge is 2.68. The van der Waals surface area contributed by atoms with E-state index < -0.39 is 46.4 Å². The minimum atomic E-state index is -2.21. The fourth-order valence-corrected chi connectivity index (χ4v) is 7.24. The fraction of sp³-hybridized carbons (Fsp3) is 0.324. The van der Waals surface area contributed by atoms with Gasteiger partial charge in [-0.05, 0) is 42.9 Å². The minimum Gasteiger partial charge on any atom is -0.496 e. The Hall–Kier alpha value is -5.37. The van der Waals surface area contributed by atoms with Gasteiger partial charge in [0.05, 0.1) is 45.3 Å². The summed E-state index contributed by atoms with van der Waals surface area (Å²) in [6.45, 7) is 1.88. The highest BCUT2D eigenvalue weighted by molar-refractivity contribution is 6.22. The lowest BCUT2D eigenvalue weighted by Gasteiger charge is -2.30. The predicted octanol–water partition coefficient (Wildman–Crippen LogP) is 4.08. The van der Waals surface area contributed by atoms with Crippen molar-refractivity contribution in [2.45, 2.75) is 37.2 Å². The Morgan fingerprint density at radius 3 is 2.33 bits per heavy atom. The normalized spacial score (nSPS) is 23.6. The monoisotopic (exact) mass is 610 g/mol. The Kier molecular flexibility index (Phi) is 7.03. The second kappa shape index (κ2) is 10.7. The van der Waals surface area contributed by atoms with E-state index in [2.05, 4.69) is 11.1 Å². The molecule has 1 fully saturated rings. The number of cyclic esters (lactones) is 1. The van der Waals surface area contributed by atoms with E-state index >= 15 is 0 Å². The van der Waals surface area contributed by atoms with Crippen LogP contribution in [-0.2, 0) is 31.8 Å². The molecule has 2 aromatic carbocycles. The zero-order chi connectivity index (χ0) is 32.3. The molecule has 3 aromatic rings. The third-order valence-corrected chi connectivity index (χ3v) is 9.11. The number of rotatable bonds is 7. The molecule has 3 aliphatic rings. The van der Waals surface area contributed by atoms with Gasteiger partial charge in [-0.3, -0.25) is 14.4 Å². The number of ether oxygens (including phenoxy) is 5. The van der Waals surface area contributed by atoms with Gasteiger partial charge in [0.1, 0.15) is 28.5 Å². The summed E-state index contributed by atoms with van der Waals surface area (Å²) in [6.07, 6.45) is 7.31. The van der Waals surface area contributed by atoms with Gasteiger partial charge in [0.2, 0.25) is 5.60 Å². The Bertz CT molecular complexity index is 1980. The predicted molar refractivity (Wildman–Crippen MR) is 162 cm³/mol. The Morgan fingerprint density at radius 2 is 1.69 bits per heavy atom. The summed E-state index contributed by atoms with van der Waals surface area (Å²) in [5.74, 6) is -2.99. The second-order valence-corrected chi connectivity index (χ2v) is 11.1. The van der Waals surface area contributed by atoms with E-state index in [0.717, 1.165) is 0 Å². The van der Waals surface area contributed by atoms with Crippen molar-refractivity contribution in [2.24, 2.45) is 5.92 Å². The number of fused-ring (bicyclic) bond motifs is 4. The number of nitrogens with one attached hydrogen (secondary N) is 1. The molecule has 2 aliphatic carbocycles. The average molecular weight is 611 g/mol. The quantitative estimate of drug-likeness (QED) is 0.235. The first-order valence-electron chi connectivity index (χ1n) is 14.3. The van der Waals surface area contributed by atoms with Crippen LogP contribution in [0, 0.1) is 17.2 Å². The lowest BCUT2D eigenvalue weighted by Crippen LogP contribution is -2.43. The van der Waals surface area contributed by atoms with Crippen molar-refractivity contribution in [2.75, 3.05) is 28.4 Å². The summed E-state index contributed by atoms with van der Waals surface area (Å²) in [5.41, 5.74) is -2.92. The van der Waals surface area contributed by atoms with Crippen LogP contribution in [0.25, 0.3) is 16.8 Å². The number of carbonyl (C=O) groups is 3. The molecule has 11 nitrogen and oxygen atoms in total. The Labute approximate surface area is 258 Å². The van der Waals surface area contributed by atoms with Crippen LogP contribution in [0.5, 0.6) is 23.0 Å². The van der Waals surface area contributed by atoms with Crippen LogP contribution in [0.15, 0.2) is 41.2 Å². The van der Waals surface area contributed by atoms with Gasteiger partial charge in [-0.15, -0.1) is 0 Å². The molecule has 11 heteroatoms. The number of hydrogen-bond acceptors (Lipinski definition) is 10. The van der Waals surface area contributed by atoms with Crippen LogP contribution in [0.2, 0.25) is 0 Å². The molecule has 1 aromatic heterocycles. The van der Waals surface area contributed by atoms with Gasteiger partial charge in [0.25, 0.3) is 5.56 Å². The molecule has 0 radical (unpaired) electrons. The van der Waals surface area contributed by atoms with Crippen molar-refractivity contribution in [1.82, 2.24) is 4.98 Å². The number of esters is 1. The largest absolute Gasteiger partial charge is 0.496 e. The number of nitrogens with zero attached hydrogens (tertiary/aromatic N) is 1. The van der Waals surface area contributed by atoms with Crippen LogP contribution < -0.4 is 24.5 Å². The van der Waals surface area contributed by atoms with E-state index in [-0.39, 0.29) is 45.9 Å². The van der Waals surface area contributed by atoms with Gasteiger partial charge in [0, 0.05) is 23.7 Å². The van der Waals surface area contributed by atoms with E-state index in [1.807, 2.05) is 25.1 Å². The van der Waals surface area contributed by atoms with Crippen molar-refractivity contribution in [3.05, 3.63) is 74.7 Å². The van der Waals surface area contributed by atoms with Gasteiger partial charge in [-0.2, -0.15) is 5.26 Å². The van der Waals surface area contributed by atoms with Gasteiger partial charge >= 0.3 is 5.97 Å². The summed E-state index contributed by atoms with van der Waals surface area (Å²) < 4.78 is 28.0. The molecule has 0 saturated heterocycles. The number of ketones is 2. The number of benzene rings is 2. The SMILES string of the molecule is C/C=C/C=C/c1cc2cc3c(c(OC)c2c(=O)[nH]1)C1(CC3)C(=O)CC(C2(C#N)OC(=O)c3c(OC)cc(OC)c(OC)c32)C1=O. The van der Waals surface area contributed by atoms with Gasteiger partial charge in [-0.25, -0.2) is 4.79 Å². The van der Waals surface area contributed by atoms with Crippen molar-refractivity contribution < 1.29 is 38.1 Å². The number of methoxy groups -OCH3 is 4. The fourth-order valence-electron chi connectivity index (χ4n) is 7.24. The van der Waals surface area contributed by atoms with Crippen LogP contribution in [0.3, 0.4) is 0 Å².